The van der Waals surface area contributed by atoms with E-state index in [2.05, 4.69) is 23.5 Å². The van der Waals surface area contributed by atoms with E-state index in [-0.39, 0.29) is 0 Å². The Balaban J connectivity index is 2.54. The lowest BCUT2D eigenvalue weighted by Gasteiger charge is -2.14. The van der Waals surface area contributed by atoms with E-state index in [4.69, 9.17) is 9.47 Å². The lowest BCUT2D eigenvalue weighted by Crippen LogP contribution is -2.07. The van der Waals surface area contributed by atoms with Crippen LogP contribution in [0.15, 0.2) is 42.5 Å². The molecular formula is C16H19NO2. The SMILES string of the molecule is CNCc1cc(OC)ccc1-c1ccccc1OC. The quantitative estimate of drug-likeness (QED) is 0.893. The smallest absolute Gasteiger partial charge is 0.126 e. The Kier molecular flexibility index (Phi) is 4.42. The third-order valence-electron chi connectivity index (χ3n) is 3.08. The summed E-state index contributed by atoms with van der Waals surface area (Å²) in [7, 11) is 5.31. The maximum atomic E-state index is 5.44. The Morgan fingerprint density at radius 3 is 2.42 bits per heavy atom. The zero-order valence-electron chi connectivity index (χ0n) is 11.6. The summed E-state index contributed by atoms with van der Waals surface area (Å²) < 4.78 is 10.7. The summed E-state index contributed by atoms with van der Waals surface area (Å²) in [6, 6.07) is 14.1. The molecule has 0 unspecified atom stereocenters. The molecule has 0 aliphatic rings. The molecule has 0 fully saturated rings. The van der Waals surface area contributed by atoms with Crippen molar-refractivity contribution >= 4 is 0 Å². The van der Waals surface area contributed by atoms with Crippen LogP contribution in [0.3, 0.4) is 0 Å². The van der Waals surface area contributed by atoms with Crippen LogP contribution in [-0.4, -0.2) is 21.3 Å². The van der Waals surface area contributed by atoms with Gasteiger partial charge in [-0.05, 0) is 36.4 Å². The fourth-order valence-corrected chi connectivity index (χ4v) is 2.16. The second kappa shape index (κ2) is 6.25. The van der Waals surface area contributed by atoms with Gasteiger partial charge < -0.3 is 14.8 Å². The van der Waals surface area contributed by atoms with Crippen LogP contribution in [0.1, 0.15) is 5.56 Å². The van der Waals surface area contributed by atoms with E-state index < -0.39 is 0 Å². The molecule has 3 heteroatoms. The number of hydrogen-bond acceptors (Lipinski definition) is 3. The first-order valence-corrected chi connectivity index (χ1v) is 6.25. The molecule has 0 aliphatic carbocycles. The summed E-state index contributed by atoms with van der Waals surface area (Å²) in [4.78, 5) is 0. The average Bonchev–Trinajstić information content (AvgIpc) is 2.47. The molecule has 2 aromatic carbocycles. The number of ether oxygens (including phenoxy) is 2. The second-order valence-corrected chi connectivity index (χ2v) is 4.25. The maximum Gasteiger partial charge on any atom is 0.126 e. The minimum absolute atomic E-state index is 0.782. The fraction of sp³-hybridized carbons (Fsp3) is 0.250. The van der Waals surface area contributed by atoms with Crippen LogP contribution in [0.4, 0.5) is 0 Å². The molecule has 0 bridgehead atoms. The van der Waals surface area contributed by atoms with Gasteiger partial charge in [-0.2, -0.15) is 0 Å². The van der Waals surface area contributed by atoms with E-state index >= 15 is 0 Å². The molecule has 0 aliphatic heterocycles. The lowest BCUT2D eigenvalue weighted by molar-refractivity contribution is 0.413. The molecule has 0 aromatic heterocycles. The highest BCUT2D eigenvalue weighted by atomic mass is 16.5. The Labute approximate surface area is 114 Å². The van der Waals surface area contributed by atoms with Crippen molar-refractivity contribution in [2.45, 2.75) is 6.54 Å². The summed E-state index contributed by atoms with van der Waals surface area (Å²) in [6.07, 6.45) is 0. The van der Waals surface area contributed by atoms with Crippen LogP contribution in [0.25, 0.3) is 11.1 Å². The summed E-state index contributed by atoms with van der Waals surface area (Å²) in [5.41, 5.74) is 3.44. The number of rotatable bonds is 5. The van der Waals surface area contributed by atoms with E-state index in [0.717, 1.165) is 29.2 Å². The van der Waals surface area contributed by atoms with Gasteiger partial charge in [-0.3, -0.25) is 0 Å². The van der Waals surface area contributed by atoms with E-state index in [1.165, 1.54) is 5.56 Å². The van der Waals surface area contributed by atoms with Gasteiger partial charge in [-0.15, -0.1) is 0 Å². The molecule has 0 saturated heterocycles. The summed E-state index contributed by atoms with van der Waals surface area (Å²) in [5.74, 6) is 1.74. The molecule has 0 radical (unpaired) electrons. The highest BCUT2D eigenvalue weighted by Crippen LogP contribution is 2.33. The van der Waals surface area contributed by atoms with Crippen LogP contribution < -0.4 is 14.8 Å². The first kappa shape index (κ1) is 13.4. The van der Waals surface area contributed by atoms with Crippen LogP contribution in [0, 0.1) is 0 Å². The van der Waals surface area contributed by atoms with Gasteiger partial charge in [0.05, 0.1) is 14.2 Å². The molecule has 0 spiro atoms. The van der Waals surface area contributed by atoms with Gasteiger partial charge in [0.1, 0.15) is 11.5 Å². The normalized spacial score (nSPS) is 10.3. The minimum Gasteiger partial charge on any atom is -0.497 e. The number of benzene rings is 2. The molecule has 2 rings (SSSR count). The van der Waals surface area contributed by atoms with Crippen LogP contribution >= 0.6 is 0 Å². The number of para-hydroxylation sites is 1. The summed E-state index contributed by atoms with van der Waals surface area (Å²) in [6.45, 7) is 0.782. The number of nitrogens with one attached hydrogen (secondary N) is 1. The van der Waals surface area contributed by atoms with E-state index in [1.807, 2.05) is 31.3 Å². The zero-order chi connectivity index (χ0) is 13.7. The van der Waals surface area contributed by atoms with Gasteiger partial charge >= 0.3 is 0 Å². The number of hydrogen-bond donors (Lipinski definition) is 1. The Morgan fingerprint density at radius 1 is 0.947 bits per heavy atom. The van der Waals surface area contributed by atoms with Crippen molar-refractivity contribution in [3.8, 4) is 22.6 Å². The van der Waals surface area contributed by atoms with Crippen LogP contribution in [0.5, 0.6) is 11.5 Å². The molecule has 1 N–H and O–H groups in total. The molecule has 0 amide bonds. The third-order valence-corrected chi connectivity index (χ3v) is 3.08. The number of methoxy groups -OCH3 is 2. The Hall–Kier alpha value is -2.00. The standard InChI is InChI=1S/C16H19NO2/c1-17-11-12-10-13(18-2)8-9-14(12)15-6-4-5-7-16(15)19-3/h4-10,17H,11H2,1-3H3. The Morgan fingerprint density at radius 2 is 1.74 bits per heavy atom. The minimum atomic E-state index is 0.782. The van der Waals surface area contributed by atoms with Crippen LogP contribution in [-0.2, 0) is 6.54 Å². The van der Waals surface area contributed by atoms with Crippen molar-refractivity contribution < 1.29 is 9.47 Å². The van der Waals surface area contributed by atoms with Gasteiger partial charge in [0.2, 0.25) is 0 Å². The monoisotopic (exact) mass is 257 g/mol. The van der Waals surface area contributed by atoms with Gasteiger partial charge in [0.15, 0.2) is 0 Å². The molecular weight excluding hydrogens is 238 g/mol. The molecule has 0 atom stereocenters. The van der Waals surface area contributed by atoms with E-state index in [1.54, 1.807) is 14.2 Å². The summed E-state index contributed by atoms with van der Waals surface area (Å²) >= 11 is 0. The Bertz CT molecular complexity index is 552. The van der Waals surface area contributed by atoms with E-state index in [0.29, 0.717) is 0 Å². The molecule has 19 heavy (non-hydrogen) atoms. The van der Waals surface area contributed by atoms with Gasteiger partial charge in [0.25, 0.3) is 0 Å². The largest absolute Gasteiger partial charge is 0.497 e. The van der Waals surface area contributed by atoms with Crippen molar-refractivity contribution in [2.24, 2.45) is 0 Å². The average molecular weight is 257 g/mol. The third kappa shape index (κ3) is 2.88. The second-order valence-electron chi connectivity index (χ2n) is 4.25. The first-order valence-electron chi connectivity index (χ1n) is 6.25. The summed E-state index contributed by atoms with van der Waals surface area (Å²) in [5, 5.41) is 3.19. The topological polar surface area (TPSA) is 30.5 Å². The predicted octanol–water partition coefficient (Wildman–Crippen LogP) is 3.09. The molecule has 2 aromatic rings. The van der Waals surface area contributed by atoms with E-state index in [9.17, 15) is 0 Å². The first-order chi connectivity index (χ1) is 9.30. The zero-order valence-corrected chi connectivity index (χ0v) is 11.6. The molecule has 0 heterocycles. The molecule has 0 saturated carbocycles. The van der Waals surface area contributed by atoms with Gasteiger partial charge in [-0.25, -0.2) is 0 Å². The fourth-order valence-electron chi connectivity index (χ4n) is 2.16. The molecule has 100 valence electrons. The van der Waals surface area contributed by atoms with Crippen molar-refractivity contribution in [3.05, 3.63) is 48.0 Å². The van der Waals surface area contributed by atoms with Crippen LogP contribution in [0.2, 0.25) is 0 Å². The lowest BCUT2D eigenvalue weighted by atomic mass is 9.98. The molecule has 3 nitrogen and oxygen atoms in total. The van der Waals surface area contributed by atoms with Crippen molar-refractivity contribution in [2.75, 3.05) is 21.3 Å². The van der Waals surface area contributed by atoms with Crippen molar-refractivity contribution in [1.82, 2.24) is 5.32 Å². The van der Waals surface area contributed by atoms with Crippen molar-refractivity contribution in [3.63, 3.8) is 0 Å². The maximum absolute atomic E-state index is 5.44. The van der Waals surface area contributed by atoms with Gasteiger partial charge in [-0.1, -0.05) is 24.3 Å². The highest BCUT2D eigenvalue weighted by molar-refractivity contribution is 5.74. The van der Waals surface area contributed by atoms with Crippen molar-refractivity contribution in [1.29, 1.82) is 0 Å². The highest BCUT2D eigenvalue weighted by Gasteiger charge is 2.10. The predicted molar refractivity (Wildman–Crippen MR) is 77.7 cm³/mol. The van der Waals surface area contributed by atoms with Gasteiger partial charge in [0, 0.05) is 12.1 Å².